The van der Waals surface area contributed by atoms with Crippen LogP contribution in [0.15, 0.2) is 47.4 Å². The summed E-state index contributed by atoms with van der Waals surface area (Å²) >= 11 is 1.27. The number of nitrogens with zero attached hydrogens (tertiary/aromatic N) is 1. The SMILES string of the molecule is CC(C)(O)CNc1ccc(S(=O)(=O)Oc2ccc3nc(NC(=O)CC4CCNCC4)sc3c2)cc1. The van der Waals surface area contributed by atoms with Gasteiger partial charge in [-0.2, -0.15) is 8.42 Å². The molecule has 1 saturated heterocycles. The summed E-state index contributed by atoms with van der Waals surface area (Å²) in [6.07, 6.45) is 2.45. The minimum Gasteiger partial charge on any atom is -0.389 e. The molecule has 1 amide bonds. The molecule has 1 aliphatic rings. The summed E-state index contributed by atoms with van der Waals surface area (Å²) in [7, 11) is -4.04. The molecular weight excluding hydrogens is 488 g/mol. The first kappa shape index (κ1) is 25.4. The number of carbonyl (C=O) groups is 1. The zero-order valence-corrected chi connectivity index (χ0v) is 21.3. The molecule has 0 radical (unpaired) electrons. The van der Waals surface area contributed by atoms with Crippen LogP contribution in [0.4, 0.5) is 10.8 Å². The molecule has 35 heavy (non-hydrogen) atoms. The Balaban J connectivity index is 1.40. The second-order valence-corrected chi connectivity index (χ2v) is 11.9. The Labute approximate surface area is 209 Å². The van der Waals surface area contributed by atoms with Gasteiger partial charge in [-0.15, -0.1) is 0 Å². The molecule has 0 atom stereocenters. The van der Waals surface area contributed by atoms with Crippen LogP contribution >= 0.6 is 11.3 Å². The molecule has 4 rings (SSSR count). The second kappa shape index (κ2) is 10.5. The van der Waals surface area contributed by atoms with Crippen LogP contribution < -0.4 is 20.1 Å². The number of piperidine rings is 1. The number of carbonyl (C=O) groups excluding carboxylic acids is 1. The van der Waals surface area contributed by atoms with E-state index in [2.05, 4.69) is 20.9 Å². The molecule has 0 bridgehead atoms. The maximum absolute atomic E-state index is 12.7. The van der Waals surface area contributed by atoms with Crippen LogP contribution in [0.5, 0.6) is 5.75 Å². The van der Waals surface area contributed by atoms with Gasteiger partial charge in [0.05, 0.1) is 15.8 Å². The van der Waals surface area contributed by atoms with Gasteiger partial charge in [0.25, 0.3) is 0 Å². The molecule has 1 aromatic heterocycles. The Morgan fingerprint density at radius 1 is 1.20 bits per heavy atom. The summed E-state index contributed by atoms with van der Waals surface area (Å²) in [4.78, 5) is 16.8. The maximum Gasteiger partial charge on any atom is 0.339 e. The van der Waals surface area contributed by atoms with E-state index in [4.69, 9.17) is 4.18 Å². The topological polar surface area (TPSA) is 130 Å². The van der Waals surface area contributed by atoms with Crippen molar-refractivity contribution in [2.45, 2.75) is 43.6 Å². The van der Waals surface area contributed by atoms with Crippen molar-refractivity contribution >= 4 is 48.4 Å². The van der Waals surface area contributed by atoms with Crippen molar-refractivity contribution in [2.75, 3.05) is 30.3 Å². The molecular formula is C24H30N4O5S2. The van der Waals surface area contributed by atoms with Crippen LogP contribution in [0, 0.1) is 5.92 Å². The lowest BCUT2D eigenvalue weighted by Gasteiger charge is -2.21. The highest BCUT2D eigenvalue weighted by molar-refractivity contribution is 7.87. The molecule has 11 heteroatoms. The van der Waals surface area contributed by atoms with Gasteiger partial charge >= 0.3 is 10.1 Å². The number of rotatable bonds is 9. The van der Waals surface area contributed by atoms with Crippen LogP contribution in [0.25, 0.3) is 10.2 Å². The van der Waals surface area contributed by atoms with E-state index in [0.717, 1.165) is 25.9 Å². The molecule has 3 aromatic rings. The van der Waals surface area contributed by atoms with Gasteiger partial charge in [0, 0.05) is 24.7 Å². The van der Waals surface area contributed by atoms with Crippen molar-refractivity contribution in [3.8, 4) is 5.75 Å². The van der Waals surface area contributed by atoms with Gasteiger partial charge in [0.15, 0.2) is 5.13 Å². The molecule has 0 unspecified atom stereocenters. The summed E-state index contributed by atoms with van der Waals surface area (Å²) in [6.45, 7) is 5.56. The van der Waals surface area contributed by atoms with E-state index >= 15 is 0 Å². The van der Waals surface area contributed by atoms with Gasteiger partial charge < -0.3 is 25.2 Å². The summed E-state index contributed by atoms with van der Waals surface area (Å²) < 4.78 is 31.5. The van der Waals surface area contributed by atoms with E-state index in [-0.39, 0.29) is 16.6 Å². The van der Waals surface area contributed by atoms with Gasteiger partial charge in [0.1, 0.15) is 10.6 Å². The molecule has 9 nitrogen and oxygen atoms in total. The van der Waals surface area contributed by atoms with Gasteiger partial charge in [-0.25, -0.2) is 4.98 Å². The number of aromatic nitrogens is 1. The smallest absolute Gasteiger partial charge is 0.339 e. The quantitative estimate of drug-likeness (QED) is 0.316. The predicted octanol–water partition coefficient (Wildman–Crippen LogP) is 3.58. The Kier molecular flexibility index (Phi) is 7.60. The Morgan fingerprint density at radius 3 is 2.60 bits per heavy atom. The second-order valence-electron chi connectivity index (χ2n) is 9.32. The first-order valence-corrected chi connectivity index (χ1v) is 13.7. The highest BCUT2D eigenvalue weighted by Crippen LogP contribution is 2.31. The lowest BCUT2D eigenvalue weighted by Crippen LogP contribution is -2.30. The third-order valence-electron chi connectivity index (χ3n) is 5.61. The molecule has 1 aliphatic heterocycles. The number of aliphatic hydroxyl groups is 1. The fourth-order valence-electron chi connectivity index (χ4n) is 3.76. The van der Waals surface area contributed by atoms with E-state index in [0.29, 0.717) is 39.9 Å². The van der Waals surface area contributed by atoms with E-state index < -0.39 is 15.7 Å². The first-order valence-electron chi connectivity index (χ1n) is 11.5. The Hall–Kier alpha value is -2.73. The molecule has 0 aliphatic carbocycles. The molecule has 0 spiro atoms. The van der Waals surface area contributed by atoms with Gasteiger partial charge in [-0.1, -0.05) is 11.3 Å². The number of hydrogen-bond acceptors (Lipinski definition) is 9. The van der Waals surface area contributed by atoms with Crippen molar-refractivity contribution in [2.24, 2.45) is 5.92 Å². The summed E-state index contributed by atoms with van der Waals surface area (Å²) in [5.41, 5.74) is 0.449. The van der Waals surface area contributed by atoms with Crippen molar-refractivity contribution in [1.82, 2.24) is 10.3 Å². The molecule has 188 valence electrons. The predicted molar refractivity (Wildman–Crippen MR) is 138 cm³/mol. The fraction of sp³-hybridized carbons (Fsp3) is 0.417. The van der Waals surface area contributed by atoms with Gasteiger partial charge in [0.2, 0.25) is 5.91 Å². The average Bonchev–Trinajstić information content (AvgIpc) is 3.19. The lowest BCUT2D eigenvalue weighted by atomic mass is 9.94. The number of anilines is 2. The monoisotopic (exact) mass is 518 g/mol. The maximum atomic E-state index is 12.7. The number of nitrogens with one attached hydrogen (secondary N) is 3. The molecule has 0 saturated carbocycles. The summed E-state index contributed by atoms with van der Waals surface area (Å²) in [5.74, 6) is 0.482. The molecule has 2 aromatic carbocycles. The van der Waals surface area contributed by atoms with Crippen LogP contribution in [0.1, 0.15) is 33.1 Å². The fourth-order valence-corrected chi connectivity index (χ4v) is 5.59. The van der Waals surface area contributed by atoms with Crippen molar-refractivity contribution in [1.29, 1.82) is 0 Å². The van der Waals surface area contributed by atoms with Crippen molar-refractivity contribution < 1.29 is 22.5 Å². The van der Waals surface area contributed by atoms with E-state index in [9.17, 15) is 18.3 Å². The highest BCUT2D eigenvalue weighted by Gasteiger charge is 2.20. The minimum absolute atomic E-state index is 0.0153. The number of thiazole rings is 1. The lowest BCUT2D eigenvalue weighted by molar-refractivity contribution is -0.117. The Morgan fingerprint density at radius 2 is 1.91 bits per heavy atom. The molecule has 2 heterocycles. The summed E-state index contributed by atoms with van der Waals surface area (Å²) in [6, 6.07) is 10.9. The number of amides is 1. The van der Waals surface area contributed by atoms with Crippen molar-refractivity contribution in [3.63, 3.8) is 0 Å². The van der Waals surface area contributed by atoms with Crippen LogP contribution in [0.3, 0.4) is 0 Å². The molecule has 1 fully saturated rings. The number of fused-ring (bicyclic) bond motifs is 1. The largest absolute Gasteiger partial charge is 0.389 e. The molecule has 4 N–H and O–H groups in total. The summed E-state index contributed by atoms with van der Waals surface area (Å²) in [5, 5.41) is 19.5. The number of benzene rings is 2. The van der Waals surface area contributed by atoms with Crippen LogP contribution in [-0.4, -0.2) is 49.7 Å². The zero-order chi connectivity index (χ0) is 25.1. The van der Waals surface area contributed by atoms with Crippen molar-refractivity contribution in [3.05, 3.63) is 42.5 Å². The number of hydrogen-bond donors (Lipinski definition) is 4. The third-order valence-corrected chi connectivity index (χ3v) is 7.81. The van der Waals surface area contributed by atoms with Gasteiger partial charge in [-0.3, -0.25) is 4.79 Å². The normalized spacial score (nSPS) is 15.2. The van der Waals surface area contributed by atoms with Crippen LogP contribution in [0.2, 0.25) is 0 Å². The standard InChI is InChI=1S/C24H30N4O5S2/c1-24(2,30)15-26-17-3-6-19(7-4-17)35(31,32)33-18-5-8-20-21(14-18)34-23(27-20)28-22(29)13-16-9-11-25-12-10-16/h3-8,14,16,25-26,30H,9-13,15H2,1-2H3,(H,27,28,29). The third kappa shape index (κ3) is 7.14. The minimum atomic E-state index is -4.04. The van der Waals surface area contributed by atoms with Gasteiger partial charge in [-0.05, 0) is 82.1 Å². The zero-order valence-electron chi connectivity index (χ0n) is 19.7. The average molecular weight is 519 g/mol. The highest BCUT2D eigenvalue weighted by atomic mass is 32.2. The van der Waals surface area contributed by atoms with E-state index in [1.54, 1.807) is 44.2 Å². The van der Waals surface area contributed by atoms with Crippen LogP contribution in [-0.2, 0) is 14.9 Å². The van der Waals surface area contributed by atoms with E-state index in [1.165, 1.54) is 23.5 Å². The Bertz CT molecular complexity index is 1280. The first-order chi connectivity index (χ1) is 16.6. The van der Waals surface area contributed by atoms with E-state index in [1.807, 2.05) is 0 Å².